The quantitative estimate of drug-likeness (QED) is 0.800. The van der Waals surface area contributed by atoms with Crippen molar-refractivity contribution >= 4 is 0 Å². The van der Waals surface area contributed by atoms with E-state index in [2.05, 4.69) is 0 Å². The predicted molar refractivity (Wildman–Crippen MR) is 81.3 cm³/mol. The molecule has 1 N–H and O–H groups in total. The lowest BCUT2D eigenvalue weighted by molar-refractivity contribution is -0.186. The van der Waals surface area contributed by atoms with Gasteiger partial charge in [0.15, 0.2) is 6.29 Å². The van der Waals surface area contributed by atoms with Crippen LogP contribution in [0.4, 0.5) is 4.39 Å². The first kappa shape index (κ1) is 17.2. The van der Waals surface area contributed by atoms with Crippen molar-refractivity contribution in [3.05, 3.63) is 30.1 Å². The number of aliphatic hydroxyl groups excluding tert-OH is 1. The van der Waals surface area contributed by atoms with Gasteiger partial charge >= 0.3 is 0 Å². The zero-order valence-electron chi connectivity index (χ0n) is 13.0. The summed E-state index contributed by atoms with van der Waals surface area (Å²) in [6, 6.07) is 5.77. The summed E-state index contributed by atoms with van der Waals surface area (Å²) < 4.78 is 29.5. The standard InChI is InChI=1S/C17H25FO4/c1-13(22-17-4-2-3-11-20-17)5-8-15(19)12-21-16-9-6-14(18)7-10-16/h6-7,9-10,13,15,17,19H,2-5,8,11-12H2,1H3. The molecule has 0 spiro atoms. The molecule has 1 aliphatic rings. The maximum absolute atomic E-state index is 12.8. The van der Waals surface area contributed by atoms with Crippen LogP contribution in [0.5, 0.6) is 5.75 Å². The van der Waals surface area contributed by atoms with E-state index in [0.29, 0.717) is 12.2 Å². The average Bonchev–Trinajstić information content (AvgIpc) is 2.53. The van der Waals surface area contributed by atoms with E-state index in [1.165, 1.54) is 12.1 Å². The summed E-state index contributed by atoms with van der Waals surface area (Å²) in [5.74, 6) is 0.254. The van der Waals surface area contributed by atoms with E-state index < -0.39 is 6.10 Å². The zero-order valence-corrected chi connectivity index (χ0v) is 13.0. The second-order valence-corrected chi connectivity index (χ2v) is 5.74. The minimum Gasteiger partial charge on any atom is -0.491 e. The van der Waals surface area contributed by atoms with E-state index in [1.54, 1.807) is 12.1 Å². The summed E-state index contributed by atoms with van der Waals surface area (Å²) in [4.78, 5) is 0. The molecular formula is C17H25FO4. The van der Waals surface area contributed by atoms with E-state index in [0.717, 1.165) is 32.3 Å². The van der Waals surface area contributed by atoms with Crippen molar-refractivity contribution in [2.75, 3.05) is 13.2 Å². The lowest BCUT2D eigenvalue weighted by atomic mass is 10.1. The SMILES string of the molecule is CC(CCC(O)COc1ccc(F)cc1)OC1CCCCO1. The van der Waals surface area contributed by atoms with Crippen molar-refractivity contribution in [1.29, 1.82) is 0 Å². The van der Waals surface area contributed by atoms with Crippen LogP contribution in [-0.4, -0.2) is 36.8 Å². The van der Waals surface area contributed by atoms with Crippen LogP contribution in [0.3, 0.4) is 0 Å². The van der Waals surface area contributed by atoms with Gasteiger partial charge in [-0.15, -0.1) is 0 Å². The van der Waals surface area contributed by atoms with Gasteiger partial charge in [0.2, 0.25) is 0 Å². The Balaban J connectivity index is 1.60. The van der Waals surface area contributed by atoms with Gasteiger partial charge in [-0.25, -0.2) is 4.39 Å². The molecule has 4 nitrogen and oxygen atoms in total. The van der Waals surface area contributed by atoms with Gasteiger partial charge in [0.1, 0.15) is 18.2 Å². The van der Waals surface area contributed by atoms with Gasteiger partial charge in [-0.3, -0.25) is 0 Å². The largest absolute Gasteiger partial charge is 0.491 e. The molecule has 0 aliphatic carbocycles. The normalized spacial score (nSPS) is 21.3. The average molecular weight is 312 g/mol. The number of rotatable bonds is 8. The Morgan fingerprint density at radius 1 is 1.27 bits per heavy atom. The fourth-order valence-corrected chi connectivity index (χ4v) is 2.38. The minimum atomic E-state index is -0.566. The maximum atomic E-state index is 12.8. The Hall–Kier alpha value is -1.17. The molecule has 1 aromatic rings. The maximum Gasteiger partial charge on any atom is 0.157 e. The van der Waals surface area contributed by atoms with E-state index in [9.17, 15) is 9.50 Å². The topological polar surface area (TPSA) is 47.9 Å². The van der Waals surface area contributed by atoms with E-state index in [1.807, 2.05) is 6.92 Å². The van der Waals surface area contributed by atoms with Gasteiger partial charge in [-0.05, 0) is 63.3 Å². The monoisotopic (exact) mass is 312 g/mol. The number of hydrogen-bond donors (Lipinski definition) is 1. The third-order valence-electron chi connectivity index (χ3n) is 3.68. The number of benzene rings is 1. The molecule has 0 saturated carbocycles. The predicted octanol–water partition coefficient (Wildman–Crippen LogP) is 3.28. The molecule has 1 aliphatic heterocycles. The van der Waals surface area contributed by atoms with Crippen LogP contribution in [0.15, 0.2) is 24.3 Å². The Kier molecular flexibility index (Phi) is 7.09. The number of halogens is 1. The summed E-state index contributed by atoms with van der Waals surface area (Å²) >= 11 is 0. The summed E-state index contributed by atoms with van der Waals surface area (Å²) in [6.07, 6.45) is 3.91. The van der Waals surface area contributed by atoms with E-state index >= 15 is 0 Å². The molecule has 5 heteroatoms. The van der Waals surface area contributed by atoms with Gasteiger partial charge in [-0.2, -0.15) is 0 Å². The Morgan fingerprint density at radius 2 is 2.05 bits per heavy atom. The Bertz CT molecular complexity index is 417. The van der Waals surface area contributed by atoms with Gasteiger partial charge < -0.3 is 19.3 Å². The van der Waals surface area contributed by atoms with Crippen LogP contribution in [-0.2, 0) is 9.47 Å². The van der Waals surface area contributed by atoms with Crippen LogP contribution in [0, 0.1) is 5.82 Å². The zero-order chi connectivity index (χ0) is 15.8. The number of aliphatic hydroxyl groups is 1. The van der Waals surface area contributed by atoms with Crippen molar-refractivity contribution < 1.29 is 23.7 Å². The van der Waals surface area contributed by atoms with Crippen LogP contribution in [0.1, 0.15) is 39.0 Å². The first-order valence-corrected chi connectivity index (χ1v) is 7.97. The smallest absolute Gasteiger partial charge is 0.157 e. The fraction of sp³-hybridized carbons (Fsp3) is 0.647. The number of ether oxygens (including phenoxy) is 3. The molecule has 0 amide bonds. The van der Waals surface area contributed by atoms with E-state index in [4.69, 9.17) is 14.2 Å². The van der Waals surface area contributed by atoms with Crippen LogP contribution >= 0.6 is 0 Å². The third kappa shape index (κ3) is 6.30. The molecule has 3 unspecified atom stereocenters. The van der Waals surface area contributed by atoms with Crippen LogP contribution in [0.2, 0.25) is 0 Å². The Labute approximate surface area is 131 Å². The summed E-state index contributed by atoms with van der Waals surface area (Å²) in [5, 5.41) is 9.93. The molecular weight excluding hydrogens is 287 g/mol. The fourth-order valence-electron chi connectivity index (χ4n) is 2.38. The van der Waals surface area contributed by atoms with Crippen LogP contribution < -0.4 is 4.74 Å². The highest BCUT2D eigenvalue weighted by Crippen LogP contribution is 2.18. The van der Waals surface area contributed by atoms with Crippen LogP contribution in [0.25, 0.3) is 0 Å². The van der Waals surface area contributed by atoms with Gasteiger partial charge in [0.05, 0.1) is 12.2 Å². The van der Waals surface area contributed by atoms with Crippen molar-refractivity contribution in [3.8, 4) is 5.75 Å². The van der Waals surface area contributed by atoms with Crippen molar-refractivity contribution in [1.82, 2.24) is 0 Å². The second kappa shape index (κ2) is 9.08. The molecule has 3 atom stereocenters. The lowest BCUT2D eigenvalue weighted by Gasteiger charge is -2.26. The summed E-state index contributed by atoms with van der Waals surface area (Å²) in [7, 11) is 0. The number of hydrogen-bond acceptors (Lipinski definition) is 4. The molecule has 1 saturated heterocycles. The molecule has 0 bridgehead atoms. The third-order valence-corrected chi connectivity index (χ3v) is 3.68. The molecule has 1 heterocycles. The highest BCUT2D eigenvalue weighted by Gasteiger charge is 2.18. The lowest BCUT2D eigenvalue weighted by Crippen LogP contribution is -2.27. The van der Waals surface area contributed by atoms with Crippen molar-refractivity contribution in [3.63, 3.8) is 0 Å². The van der Waals surface area contributed by atoms with Gasteiger partial charge in [0, 0.05) is 6.61 Å². The molecule has 1 aromatic carbocycles. The minimum absolute atomic E-state index is 0.0450. The molecule has 0 aromatic heterocycles. The first-order valence-electron chi connectivity index (χ1n) is 7.97. The van der Waals surface area contributed by atoms with E-state index in [-0.39, 0.29) is 24.8 Å². The molecule has 22 heavy (non-hydrogen) atoms. The highest BCUT2D eigenvalue weighted by atomic mass is 19.1. The summed E-state index contributed by atoms with van der Waals surface area (Å²) in [5.41, 5.74) is 0. The van der Waals surface area contributed by atoms with Crippen molar-refractivity contribution in [2.45, 2.75) is 57.5 Å². The molecule has 0 radical (unpaired) electrons. The molecule has 2 rings (SSSR count). The highest BCUT2D eigenvalue weighted by molar-refractivity contribution is 5.22. The second-order valence-electron chi connectivity index (χ2n) is 5.74. The molecule has 124 valence electrons. The van der Waals surface area contributed by atoms with Gasteiger partial charge in [-0.1, -0.05) is 0 Å². The van der Waals surface area contributed by atoms with Crippen molar-refractivity contribution in [2.24, 2.45) is 0 Å². The first-order chi connectivity index (χ1) is 10.6. The van der Waals surface area contributed by atoms with Gasteiger partial charge in [0.25, 0.3) is 0 Å². The molecule has 1 fully saturated rings. The summed E-state index contributed by atoms with van der Waals surface area (Å²) in [6.45, 7) is 2.95. The Morgan fingerprint density at radius 3 is 2.73 bits per heavy atom.